The van der Waals surface area contributed by atoms with Crippen molar-refractivity contribution in [2.24, 2.45) is 0 Å². The molecule has 3 heteroatoms. The molecule has 0 unspecified atom stereocenters. The molecule has 0 saturated heterocycles. The van der Waals surface area contributed by atoms with Crippen LogP contribution >= 0.6 is 0 Å². The van der Waals surface area contributed by atoms with Gasteiger partial charge in [-0.3, -0.25) is 0 Å². The van der Waals surface area contributed by atoms with Crippen molar-refractivity contribution in [3.05, 3.63) is 30.7 Å². The first-order chi connectivity index (χ1) is 4.47. The van der Waals surface area contributed by atoms with Crippen molar-refractivity contribution in [1.29, 1.82) is 0 Å². The first kappa shape index (κ1) is 6.77. The Bertz CT molecular complexity index is 286. The summed E-state index contributed by atoms with van der Waals surface area (Å²) in [6.07, 6.45) is 1.45. The summed E-state index contributed by atoms with van der Waals surface area (Å²) >= 11 is 0. The van der Waals surface area contributed by atoms with E-state index in [0.717, 1.165) is 11.1 Å². The Kier molecular flexibility index (Phi) is 1.69. The second kappa shape index (κ2) is 2.49. The summed E-state index contributed by atoms with van der Waals surface area (Å²) in [5.74, 6) is 0. The van der Waals surface area contributed by atoms with E-state index in [0.29, 0.717) is 0 Å². The molecule has 2 aromatic rings. The molecule has 1 heterocycles. The zero-order chi connectivity index (χ0) is 6.10. The first-order valence-electron chi connectivity index (χ1n) is 2.75. The number of fused-ring (bicyclic) bond motifs is 1. The minimum Gasteiger partial charge on any atom is -0.443 e. The van der Waals surface area contributed by atoms with Gasteiger partial charge in [-0.1, -0.05) is 12.1 Å². The highest BCUT2D eigenvalue weighted by atomic mass is 16.3. The molecule has 2 rings (SSSR count). The molecule has 0 bridgehead atoms. The number of rotatable bonds is 0. The Balaban J connectivity index is 0.000000500. The molecule has 0 aliphatic rings. The van der Waals surface area contributed by atoms with Crippen molar-refractivity contribution in [3.8, 4) is 0 Å². The van der Waals surface area contributed by atoms with Gasteiger partial charge in [-0.05, 0) is 12.1 Å². The molecular formula is C7H8N2O. The molecule has 0 atom stereocenters. The lowest BCUT2D eigenvalue weighted by atomic mass is 10.3. The highest BCUT2D eigenvalue weighted by Gasteiger charge is 1.91. The summed E-state index contributed by atoms with van der Waals surface area (Å²) in [6, 6.07) is 7.67. The maximum absolute atomic E-state index is 5.01. The van der Waals surface area contributed by atoms with Gasteiger partial charge < -0.3 is 10.6 Å². The second-order valence-corrected chi connectivity index (χ2v) is 1.82. The van der Waals surface area contributed by atoms with Crippen LogP contribution in [0, 0.1) is 0 Å². The molecule has 52 valence electrons. The molecule has 0 amide bonds. The zero-order valence-electron chi connectivity index (χ0n) is 5.45. The fourth-order valence-electron chi connectivity index (χ4n) is 0.803. The van der Waals surface area contributed by atoms with E-state index in [2.05, 4.69) is 4.98 Å². The van der Waals surface area contributed by atoms with Crippen LogP contribution in [0.5, 0.6) is 0 Å². The van der Waals surface area contributed by atoms with Gasteiger partial charge in [0.15, 0.2) is 12.0 Å². The van der Waals surface area contributed by atoms with Gasteiger partial charge in [0.1, 0.15) is 5.52 Å². The third kappa shape index (κ3) is 0.867. The topological polar surface area (TPSA) is 61.0 Å². The predicted molar refractivity (Wildman–Crippen MR) is 39.0 cm³/mol. The lowest BCUT2D eigenvalue weighted by molar-refractivity contribution is 0.602. The molecule has 3 nitrogen and oxygen atoms in total. The van der Waals surface area contributed by atoms with E-state index in [-0.39, 0.29) is 6.15 Å². The van der Waals surface area contributed by atoms with Crippen molar-refractivity contribution in [3.63, 3.8) is 0 Å². The Hall–Kier alpha value is -1.35. The van der Waals surface area contributed by atoms with E-state index >= 15 is 0 Å². The molecular weight excluding hydrogens is 128 g/mol. The molecule has 0 radical (unpaired) electrons. The molecule has 0 fully saturated rings. The fraction of sp³-hybridized carbons (Fsp3) is 0. The van der Waals surface area contributed by atoms with Gasteiger partial charge in [0.2, 0.25) is 0 Å². The fourth-order valence-corrected chi connectivity index (χ4v) is 0.803. The number of oxazole rings is 1. The van der Waals surface area contributed by atoms with Crippen LogP contribution in [-0.4, -0.2) is 4.98 Å². The minimum absolute atomic E-state index is 0. The van der Waals surface area contributed by atoms with Gasteiger partial charge in [0.25, 0.3) is 0 Å². The number of nitrogens with zero attached hydrogens (tertiary/aromatic N) is 1. The van der Waals surface area contributed by atoms with Crippen molar-refractivity contribution < 1.29 is 4.42 Å². The van der Waals surface area contributed by atoms with Crippen LogP contribution in [0.3, 0.4) is 0 Å². The van der Waals surface area contributed by atoms with E-state index in [1.807, 2.05) is 24.3 Å². The third-order valence-corrected chi connectivity index (χ3v) is 1.24. The molecule has 0 aliphatic heterocycles. The van der Waals surface area contributed by atoms with Crippen LogP contribution in [0.25, 0.3) is 11.1 Å². The second-order valence-electron chi connectivity index (χ2n) is 1.82. The molecule has 1 aromatic carbocycles. The van der Waals surface area contributed by atoms with Gasteiger partial charge in [0.05, 0.1) is 0 Å². The van der Waals surface area contributed by atoms with Gasteiger partial charge >= 0.3 is 0 Å². The average Bonchev–Trinajstić information content (AvgIpc) is 2.33. The molecule has 10 heavy (non-hydrogen) atoms. The van der Waals surface area contributed by atoms with Gasteiger partial charge in [-0.25, -0.2) is 4.98 Å². The lowest BCUT2D eigenvalue weighted by Gasteiger charge is -1.79. The summed E-state index contributed by atoms with van der Waals surface area (Å²) in [4.78, 5) is 3.95. The van der Waals surface area contributed by atoms with E-state index < -0.39 is 0 Å². The Morgan fingerprint density at radius 1 is 1.20 bits per heavy atom. The zero-order valence-corrected chi connectivity index (χ0v) is 5.45. The molecule has 1 aromatic heterocycles. The average molecular weight is 136 g/mol. The molecule has 0 spiro atoms. The maximum atomic E-state index is 5.01. The Morgan fingerprint density at radius 2 is 2.00 bits per heavy atom. The molecule has 0 aliphatic carbocycles. The van der Waals surface area contributed by atoms with Crippen molar-refractivity contribution in [2.45, 2.75) is 0 Å². The van der Waals surface area contributed by atoms with Gasteiger partial charge in [-0.2, -0.15) is 0 Å². The Morgan fingerprint density at radius 3 is 2.80 bits per heavy atom. The number of benzene rings is 1. The standard InChI is InChI=1S/C7H5NO.H3N/c1-2-4-7-6(3-1)8-5-9-7;/h1-5H;1H3. The largest absolute Gasteiger partial charge is 0.443 e. The van der Waals surface area contributed by atoms with Crippen LogP contribution in [-0.2, 0) is 0 Å². The van der Waals surface area contributed by atoms with Gasteiger partial charge in [0, 0.05) is 0 Å². The van der Waals surface area contributed by atoms with Gasteiger partial charge in [-0.15, -0.1) is 0 Å². The number of hydrogen-bond donors (Lipinski definition) is 1. The molecule has 0 saturated carbocycles. The number of aromatic nitrogens is 1. The van der Waals surface area contributed by atoms with Crippen molar-refractivity contribution >= 4 is 11.1 Å². The van der Waals surface area contributed by atoms with Crippen molar-refractivity contribution in [2.75, 3.05) is 0 Å². The SMILES string of the molecule is N.c1ccc2ocnc2c1. The van der Waals surface area contributed by atoms with Crippen LogP contribution in [0.2, 0.25) is 0 Å². The van der Waals surface area contributed by atoms with E-state index in [4.69, 9.17) is 4.42 Å². The quantitative estimate of drug-likeness (QED) is 0.602. The number of hydrogen-bond acceptors (Lipinski definition) is 3. The molecule has 3 N–H and O–H groups in total. The normalized spacial score (nSPS) is 9.20. The predicted octanol–water partition coefficient (Wildman–Crippen LogP) is 1.99. The summed E-state index contributed by atoms with van der Waals surface area (Å²) in [7, 11) is 0. The number of para-hydroxylation sites is 2. The van der Waals surface area contributed by atoms with Crippen LogP contribution in [0.15, 0.2) is 35.1 Å². The first-order valence-corrected chi connectivity index (χ1v) is 2.75. The van der Waals surface area contributed by atoms with Crippen LogP contribution in [0.4, 0.5) is 0 Å². The lowest BCUT2D eigenvalue weighted by Crippen LogP contribution is -1.61. The van der Waals surface area contributed by atoms with Crippen LogP contribution in [0.1, 0.15) is 0 Å². The minimum atomic E-state index is 0. The third-order valence-electron chi connectivity index (χ3n) is 1.24. The van der Waals surface area contributed by atoms with Crippen molar-refractivity contribution in [1.82, 2.24) is 11.1 Å². The van der Waals surface area contributed by atoms with E-state index in [1.54, 1.807) is 0 Å². The highest BCUT2D eigenvalue weighted by Crippen LogP contribution is 2.09. The summed E-state index contributed by atoms with van der Waals surface area (Å²) in [6.45, 7) is 0. The monoisotopic (exact) mass is 136 g/mol. The summed E-state index contributed by atoms with van der Waals surface area (Å²) < 4.78 is 5.01. The smallest absolute Gasteiger partial charge is 0.181 e. The Labute approximate surface area is 58.3 Å². The summed E-state index contributed by atoms with van der Waals surface area (Å²) in [5.41, 5.74) is 1.76. The van der Waals surface area contributed by atoms with Crippen LogP contribution < -0.4 is 6.15 Å². The van der Waals surface area contributed by atoms with E-state index in [1.165, 1.54) is 6.39 Å². The van der Waals surface area contributed by atoms with E-state index in [9.17, 15) is 0 Å². The maximum Gasteiger partial charge on any atom is 0.181 e. The summed E-state index contributed by atoms with van der Waals surface area (Å²) in [5, 5.41) is 0. The highest BCUT2D eigenvalue weighted by molar-refractivity contribution is 5.71.